The molecule has 0 aliphatic carbocycles. The molecular formula is C12H17N3O6. The minimum absolute atomic E-state index is 0.0881. The van der Waals surface area contributed by atoms with Gasteiger partial charge in [0, 0.05) is 26.2 Å². The summed E-state index contributed by atoms with van der Waals surface area (Å²) < 4.78 is 5.88. The number of amides is 1. The van der Waals surface area contributed by atoms with Gasteiger partial charge in [0.1, 0.15) is 11.7 Å². The smallest absolute Gasteiger partial charge is 0.326 e. The Morgan fingerprint density at radius 2 is 2.19 bits per heavy atom. The molecule has 21 heavy (non-hydrogen) atoms. The third-order valence-electron chi connectivity index (χ3n) is 2.63. The predicted molar refractivity (Wildman–Crippen MR) is 71.0 cm³/mol. The molecule has 0 fully saturated rings. The number of nitrogens with one attached hydrogen (secondary N) is 1. The summed E-state index contributed by atoms with van der Waals surface area (Å²) in [5.74, 6) is -1.99. The Morgan fingerprint density at radius 1 is 1.48 bits per heavy atom. The lowest BCUT2D eigenvalue weighted by molar-refractivity contribution is -0.139. The number of methoxy groups -OCH3 is 1. The first-order valence-corrected chi connectivity index (χ1v) is 6.21. The Morgan fingerprint density at radius 3 is 2.76 bits per heavy atom. The number of rotatable bonds is 8. The molecule has 0 aliphatic heterocycles. The van der Waals surface area contributed by atoms with E-state index in [2.05, 4.69) is 10.4 Å². The summed E-state index contributed by atoms with van der Waals surface area (Å²) in [7, 11) is 1.47. The first kappa shape index (κ1) is 16.8. The molecule has 1 amide bonds. The van der Waals surface area contributed by atoms with Gasteiger partial charge in [-0.15, -0.1) is 0 Å². The summed E-state index contributed by atoms with van der Waals surface area (Å²) in [4.78, 5) is 34.3. The van der Waals surface area contributed by atoms with E-state index < -0.39 is 23.5 Å². The van der Waals surface area contributed by atoms with Gasteiger partial charge < -0.3 is 20.3 Å². The second-order valence-electron chi connectivity index (χ2n) is 4.15. The Hall–Kier alpha value is -2.26. The van der Waals surface area contributed by atoms with Gasteiger partial charge in [0.25, 0.3) is 11.5 Å². The van der Waals surface area contributed by atoms with Crippen molar-refractivity contribution in [1.82, 2.24) is 15.1 Å². The van der Waals surface area contributed by atoms with Crippen molar-refractivity contribution in [2.24, 2.45) is 0 Å². The van der Waals surface area contributed by atoms with Gasteiger partial charge in [-0.25, -0.2) is 9.48 Å². The third-order valence-corrected chi connectivity index (χ3v) is 2.63. The van der Waals surface area contributed by atoms with Crippen molar-refractivity contribution in [2.45, 2.75) is 19.0 Å². The van der Waals surface area contributed by atoms with Crippen molar-refractivity contribution in [3.05, 3.63) is 28.2 Å². The summed E-state index contributed by atoms with van der Waals surface area (Å²) in [6, 6.07) is 1.15. The van der Waals surface area contributed by atoms with Crippen molar-refractivity contribution >= 4 is 11.9 Å². The lowest BCUT2D eigenvalue weighted by Crippen LogP contribution is -2.42. The molecule has 1 atom stereocenters. The molecule has 1 heterocycles. The highest BCUT2D eigenvalue weighted by Gasteiger charge is 2.21. The molecule has 1 rings (SSSR count). The Labute approximate surface area is 120 Å². The standard InChI is InChI=1S/C12H17N3O6/c1-21-7-5-15-10(17)3-2-8(14-15)11(18)13-9(4-6-16)12(19)20/h2-3,9,16H,4-7H2,1H3,(H,13,18)(H,19,20)/t9-/m1/s1. The molecule has 116 valence electrons. The van der Waals surface area contributed by atoms with Crippen LogP contribution in [0.15, 0.2) is 16.9 Å². The van der Waals surface area contributed by atoms with E-state index in [0.717, 1.165) is 4.68 Å². The molecule has 0 spiro atoms. The second-order valence-corrected chi connectivity index (χ2v) is 4.15. The maximum Gasteiger partial charge on any atom is 0.326 e. The largest absolute Gasteiger partial charge is 0.480 e. The van der Waals surface area contributed by atoms with Crippen LogP contribution in [0.5, 0.6) is 0 Å². The summed E-state index contributed by atoms with van der Waals surface area (Å²) in [5.41, 5.74) is -0.483. The molecule has 0 radical (unpaired) electrons. The number of aliphatic hydroxyl groups is 1. The number of carbonyl (C=O) groups is 2. The number of aliphatic hydroxyl groups excluding tert-OH is 1. The minimum atomic E-state index is -1.26. The van der Waals surface area contributed by atoms with Crippen LogP contribution >= 0.6 is 0 Å². The number of carboxylic acid groups (broad SMARTS) is 1. The number of aromatic nitrogens is 2. The van der Waals surface area contributed by atoms with Crippen LogP contribution in [0, 0.1) is 0 Å². The summed E-state index contributed by atoms with van der Waals surface area (Å²) in [6.07, 6.45) is -0.121. The second kappa shape index (κ2) is 8.12. The van der Waals surface area contributed by atoms with Gasteiger partial charge in [-0.1, -0.05) is 0 Å². The van der Waals surface area contributed by atoms with E-state index in [1.807, 2.05) is 0 Å². The zero-order valence-corrected chi connectivity index (χ0v) is 11.5. The number of ether oxygens (including phenoxy) is 1. The van der Waals surface area contributed by atoms with Crippen molar-refractivity contribution in [1.29, 1.82) is 0 Å². The number of hydrogen-bond acceptors (Lipinski definition) is 6. The third kappa shape index (κ3) is 4.97. The quantitative estimate of drug-likeness (QED) is 0.530. The summed E-state index contributed by atoms with van der Waals surface area (Å²) in [5, 5.41) is 23.7. The highest BCUT2D eigenvalue weighted by Crippen LogP contribution is 1.96. The van der Waals surface area contributed by atoms with E-state index in [9.17, 15) is 14.4 Å². The van der Waals surface area contributed by atoms with Crippen LogP contribution in [-0.4, -0.2) is 58.2 Å². The van der Waals surface area contributed by atoms with Crippen molar-refractivity contribution in [2.75, 3.05) is 20.3 Å². The van der Waals surface area contributed by atoms with Crippen molar-refractivity contribution in [3.63, 3.8) is 0 Å². The first-order valence-electron chi connectivity index (χ1n) is 6.21. The van der Waals surface area contributed by atoms with Gasteiger partial charge in [0.05, 0.1) is 13.2 Å². The van der Waals surface area contributed by atoms with E-state index in [1.54, 1.807) is 0 Å². The van der Waals surface area contributed by atoms with Crippen LogP contribution in [-0.2, 0) is 16.1 Å². The molecule has 0 aliphatic rings. The molecule has 0 aromatic carbocycles. The van der Waals surface area contributed by atoms with Gasteiger partial charge in [0.2, 0.25) is 0 Å². The van der Waals surface area contributed by atoms with E-state index in [-0.39, 0.29) is 31.9 Å². The zero-order chi connectivity index (χ0) is 15.8. The molecule has 1 aromatic rings. The maximum atomic E-state index is 11.9. The zero-order valence-electron chi connectivity index (χ0n) is 11.5. The van der Waals surface area contributed by atoms with Gasteiger partial charge in [-0.05, 0) is 6.07 Å². The Balaban J connectivity index is 2.86. The number of hydrogen-bond donors (Lipinski definition) is 3. The molecule has 0 unspecified atom stereocenters. The molecule has 1 aromatic heterocycles. The Kier molecular flexibility index (Phi) is 6.50. The van der Waals surface area contributed by atoms with Crippen LogP contribution in [0.4, 0.5) is 0 Å². The highest BCUT2D eigenvalue weighted by molar-refractivity contribution is 5.94. The van der Waals surface area contributed by atoms with Gasteiger partial charge in [0.15, 0.2) is 0 Å². The van der Waals surface area contributed by atoms with Gasteiger partial charge >= 0.3 is 5.97 Å². The fraction of sp³-hybridized carbons (Fsp3) is 0.500. The van der Waals surface area contributed by atoms with Crippen LogP contribution in [0.3, 0.4) is 0 Å². The van der Waals surface area contributed by atoms with Crippen LogP contribution in [0.2, 0.25) is 0 Å². The fourth-order valence-corrected chi connectivity index (χ4v) is 1.53. The predicted octanol–water partition coefficient (Wildman–Crippen LogP) is -1.54. The summed E-state index contributed by atoms with van der Waals surface area (Å²) >= 11 is 0. The van der Waals surface area contributed by atoms with Crippen LogP contribution < -0.4 is 10.9 Å². The monoisotopic (exact) mass is 299 g/mol. The SMILES string of the molecule is COCCn1nc(C(=O)N[C@H](CCO)C(=O)O)ccc1=O. The minimum Gasteiger partial charge on any atom is -0.480 e. The number of carboxylic acids is 1. The fourth-order valence-electron chi connectivity index (χ4n) is 1.53. The van der Waals surface area contributed by atoms with E-state index in [1.165, 1.54) is 19.2 Å². The molecule has 0 saturated heterocycles. The molecule has 9 nitrogen and oxygen atoms in total. The van der Waals surface area contributed by atoms with Crippen LogP contribution in [0.1, 0.15) is 16.9 Å². The lowest BCUT2D eigenvalue weighted by atomic mass is 10.2. The number of carbonyl (C=O) groups excluding carboxylic acids is 1. The average Bonchev–Trinajstić information content (AvgIpc) is 2.45. The normalized spacial score (nSPS) is 11.9. The lowest BCUT2D eigenvalue weighted by Gasteiger charge is -2.13. The molecule has 9 heteroatoms. The van der Waals surface area contributed by atoms with Gasteiger partial charge in [-0.3, -0.25) is 9.59 Å². The highest BCUT2D eigenvalue weighted by atomic mass is 16.5. The molecule has 0 bridgehead atoms. The molecule has 0 saturated carbocycles. The van der Waals surface area contributed by atoms with E-state index >= 15 is 0 Å². The molecule has 3 N–H and O–H groups in total. The Bertz CT molecular complexity index is 556. The first-order chi connectivity index (χ1) is 9.99. The number of nitrogens with zero attached hydrogens (tertiary/aromatic N) is 2. The van der Waals surface area contributed by atoms with E-state index in [4.69, 9.17) is 14.9 Å². The van der Waals surface area contributed by atoms with E-state index in [0.29, 0.717) is 0 Å². The average molecular weight is 299 g/mol. The van der Waals surface area contributed by atoms with Crippen molar-refractivity contribution < 1.29 is 24.5 Å². The molecular weight excluding hydrogens is 282 g/mol. The van der Waals surface area contributed by atoms with Crippen molar-refractivity contribution in [3.8, 4) is 0 Å². The summed E-state index contributed by atoms with van der Waals surface area (Å²) in [6.45, 7) is 0.0493. The number of aliphatic carboxylic acids is 1. The maximum absolute atomic E-state index is 11.9. The van der Waals surface area contributed by atoms with Gasteiger partial charge in [-0.2, -0.15) is 5.10 Å². The topological polar surface area (TPSA) is 131 Å². The van der Waals surface area contributed by atoms with Crippen LogP contribution in [0.25, 0.3) is 0 Å².